The van der Waals surface area contributed by atoms with Crippen molar-refractivity contribution in [1.82, 2.24) is 4.98 Å². The molecule has 0 saturated carbocycles. The van der Waals surface area contributed by atoms with Gasteiger partial charge in [0.15, 0.2) is 0 Å². The highest BCUT2D eigenvalue weighted by Gasteiger charge is 2.33. The van der Waals surface area contributed by atoms with Crippen molar-refractivity contribution in [2.45, 2.75) is 12.0 Å². The second-order valence-electron chi connectivity index (χ2n) is 4.71. The SMILES string of the molecule is C=CC[C@@](O)(c1ccccc1)c1nc2ccccc2s1. The quantitative estimate of drug-likeness (QED) is 0.730. The third kappa shape index (κ3) is 2.15. The summed E-state index contributed by atoms with van der Waals surface area (Å²) in [5, 5.41) is 11.8. The highest BCUT2D eigenvalue weighted by atomic mass is 32.1. The van der Waals surface area contributed by atoms with E-state index >= 15 is 0 Å². The van der Waals surface area contributed by atoms with Gasteiger partial charge < -0.3 is 5.11 Å². The van der Waals surface area contributed by atoms with Crippen LogP contribution in [0.15, 0.2) is 67.3 Å². The van der Waals surface area contributed by atoms with Crippen LogP contribution in [0.25, 0.3) is 10.2 Å². The van der Waals surface area contributed by atoms with Crippen LogP contribution < -0.4 is 0 Å². The van der Waals surface area contributed by atoms with Crippen molar-refractivity contribution in [3.8, 4) is 0 Å². The van der Waals surface area contributed by atoms with Crippen LogP contribution in [0.1, 0.15) is 17.0 Å². The van der Waals surface area contributed by atoms with Crippen LogP contribution in [0, 0.1) is 0 Å². The van der Waals surface area contributed by atoms with Gasteiger partial charge in [-0.1, -0.05) is 48.5 Å². The number of para-hydroxylation sites is 1. The molecule has 1 aromatic heterocycles. The van der Waals surface area contributed by atoms with E-state index in [-0.39, 0.29) is 0 Å². The lowest BCUT2D eigenvalue weighted by Crippen LogP contribution is -2.26. The van der Waals surface area contributed by atoms with E-state index in [1.54, 1.807) is 6.08 Å². The van der Waals surface area contributed by atoms with Crippen LogP contribution in [0.3, 0.4) is 0 Å². The molecule has 2 nitrogen and oxygen atoms in total. The zero-order valence-corrected chi connectivity index (χ0v) is 11.8. The molecule has 1 atom stereocenters. The van der Waals surface area contributed by atoms with Crippen LogP contribution in [0.4, 0.5) is 0 Å². The summed E-state index contributed by atoms with van der Waals surface area (Å²) in [6, 6.07) is 17.6. The van der Waals surface area contributed by atoms with Crippen molar-refractivity contribution in [3.05, 3.63) is 77.8 Å². The van der Waals surface area contributed by atoms with Gasteiger partial charge in [-0.15, -0.1) is 17.9 Å². The van der Waals surface area contributed by atoms with Gasteiger partial charge in [0.2, 0.25) is 0 Å². The topological polar surface area (TPSA) is 33.1 Å². The Morgan fingerprint density at radius 3 is 2.50 bits per heavy atom. The van der Waals surface area contributed by atoms with Crippen molar-refractivity contribution in [1.29, 1.82) is 0 Å². The number of hydrogen-bond donors (Lipinski definition) is 1. The van der Waals surface area contributed by atoms with Gasteiger partial charge >= 0.3 is 0 Å². The van der Waals surface area contributed by atoms with Crippen molar-refractivity contribution < 1.29 is 5.11 Å². The summed E-state index contributed by atoms with van der Waals surface area (Å²) in [6.07, 6.45) is 2.18. The molecule has 0 aliphatic rings. The predicted molar refractivity (Wildman–Crippen MR) is 83.9 cm³/mol. The monoisotopic (exact) mass is 281 g/mol. The minimum Gasteiger partial charge on any atom is -0.378 e. The molecule has 0 unspecified atom stereocenters. The standard InChI is InChI=1S/C17H15NOS/c1-2-12-17(19,13-8-4-3-5-9-13)16-18-14-10-6-7-11-15(14)20-16/h2-11,19H,1,12H2/t17-/m1/s1. The average molecular weight is 281 g/mol. The highest BCUT2D eigenvalue weighted by molar-refractivity contribution is 7.18. The molecule has 0 aliphatic heterocycles. The van der Waals surface area contributed by atoms with Crippen molar-refractivity contribution in [3.63, 3.8) is 0 Å². The van der Waals surface area contributed by atoms with E-state index in [2.05, 4.69) is 11.6 Å². The van der Waals surface area contributed by atoms with E-state index < -0.39 is 5.60 Å². The first kappa shape index (κ1) is 13.0. The molecule has 0 bridgehead atoms. The van der Waals surface area contributed by atoms with Crippen LogP contribution in [0.2, 0.25) is 0 Å². The molecule has 3 heteroatoms. The largest absolute Gasteiger partial charge is 0.378 e. The van der Waals surface area contributed by atoms with Gasteiger partial charge in [0.05, 0.1) is 10.2 Å². The van der Waals surface area contributed by atoms with Gasteiger partial charge in [0, 0.05) is 6.42 Å². The summed E-state index contributed by atoms with van der Waals surface area (Å²) in [7, 11) is 0. The maximum Gasteiger partial charge on any atom is 0.144 e. The molecule has 3 rings (SSSR count). The van der Waals surface area contributed by atoms with Gasteiger partial charge in [0.25, 0.3) is 0 Å². The molecule has 3 aromatic rings. The van der Waals surface area contributed by atoms with Gasteiger partial charge in [0.1, 0.15) is 10.6 Å². The first-order chi connectivity index (χ1) is 9.74. The van der Waals surface area contributed by atoms with E-state index in [1.807, 2.05) is 54.6 Å². The fourth-order valence-corrected chi connectivity index (χ4v) is 3.39. The molecule has 0 aliphatic carbocycles. The Balaban J connectivity index is 2.17. The zero-order chi connectivity index (χ0) is 14.0. The zero-order valence-electron chi connectivity index (χ0n) is 11.0. The third-order valence-electron chi connectivity index (χ3n) is 3.34. The van der Waals surface area contributed by atoms with Gasteiger partial charge in [-0.3, -0.25) is 0 Å². The van der Waals surface area contributed by atoms with Crippen molar-refractivity contribution in [2.24, 2.45) is 0 Å². The van der Waals surface area contributed by atoms with Gasteiger partial charge in [-0.05, 0) is 17.7 Å². The Labute approximate surface area is 122 Å². The number of aromatic nitrogens is 1. The lowest BCUT2D eigenvalue weighted by molar-refractivity contribution is 0.0841. The summed E-state index contributed by atoms with van der Waals surface area (Å²) < 4.78 is 1.08. The Kier molecular flexibility index (Phi) is 3.38. The molecule has 2 aromatic carbocycles. The maximum atomic E-state index is 11.1. The Hall–Kier alpha value is -1.97. The summed E-state index contributed by atoms with van der Waals surface area (Å²) in [6.45, 7) is 3.77. The number of benzene rings is 2. The first-order valence-corrected chi connectivity index (χ1v) is 7.30. The molecule has 20 heavy (non-hydrogen) atoms. The Morgan fingerprint density at radius 1 is 1.10 bits per heavy atom. The number of hydrogen-bond acceptors (Lipinski definition) is 3. The fourth-order valence-electron chi connectivity index (χ4n) is 2.30. The Bertz CT molecular complexity index is 702. The lowest BCUT2D eigenvalue weighted by Gasteiger charge is -2.25. The fraction of sp³-hybridized carbons (Fsp3) is 0.118. The summed E-state index contributed by atoms with van der Waals surface area (Å²) in [5.74, 6) is 0. The highest BCUT2D eigenvalue weighted by Crippen LogP contribution is 2.37. The molecule has 0 saturated heterocycles. The minimum absolute atomic E-state index is 0.441. The summed E-state index contributed by atoms with van der Waals surface area (Å²) in [5.41, 5.74) is 0.664. The third-order valence-corrected chi connectivity index (χ3v) is 4.53. The van der Waals surface area contributed by atoms with E-state index in [0.29, 0.717) is 11.4 Å². The molecule has 0 radical (unpaired) electrons. The number of nitrogens with zero attached hydrogens (tertiary/aromatic N) is 1. The lowest BCUT2D eigenvalue weighted by atomic mass is 9.91. The second-order valence-corrected chi connectivity index (χ2v) is 5.74. The smallest absolute Gasteiger partial charge is 0.144 e. The normalized spacial score (nSPS) is 14.1. The van der Waals surface area contributed by atoms with E-state index in [4.69, 9.17) is 0 Å². The van der Waals surface area contributed by atoms with Gasteiger partial charge in [-0.25, -0.2) is 4.98 Å². The first-order valence-electron chi connectivity index (χ1n) is 6.49. The van der Waals surface area contributed by atoms with Crippen molar-refractivity contribution >= 4 is 21.6 Å². The predicted octanol–water partition coefficient (Wildman–Crippen LogP) is 4.11. The molecule has 100 valence electrons. The van der Waals surface area contributed by atoms with E-state index in [1.165, 1.54) is 11.3 Å². The summed E-state index contributed by atoms with van der Waals surface area (Å²) in [4.78, 5) is 4.60. The molecule has 1 heterocycles. The molecule has 1 N–H and O–H groups in total. The second kappa shape index (κ2) is 5.19. The molecular weight excluding hydrogens is 266 g/mol. The van der Waals surface area contributed by atoms with Crippen LogP contribution in [-0.2, 0) is 5.60 Å². The number of thiazole rings is 1. The van der Waals surface area contributed by atoms with Crippen LogP contribution in [-0.4, -0.2) is 10.1 Å². The molecular formula is C17H15NOS. The van der Waals surface area contributed by atoms with E-state index in [0.717, 1.165) is 15.8 Å². The number of fused-ring (bicyclic) bond motifs is 1. The molecule has 0 spiro atoms. The summed E-state index contributed by atoms with van der Waals surface area (Å²) >= 11 is 1.53. The van der Waals surface area contributed by atoms with Crippen LogP contribution >= 0.6 is 11.3 Å². The number of aliphatic hydroxyl groups is 1. The molecule has 0 amide bonds. The van der Waals surface area contributed by atoms with E-state index in [9.17, 15) is 5.11 Å². The van der Waals surface area contributed by atoms with Crippen molar-refractivity contribution in [2.75, 3.05) is 0 Å². The average Bonchev–Trinajstić information content (AvgIpc) is 2.93. The Morgan fingerprint density at radius 2 is 1.80 bits per heavy atom. The van der Waals surface area contributed by atoms with Gasteiger partial charge in [-0.2, -0.15) is 0 Å². The maximum absolute atomic E-state index is 11.1. The molecule has 0 fully saturated rings. The van der Waals surface area contributed by atoms with Crippen LogP contribution in [0.5, 0.6) is 0 Å². The number of rotatable bonds is 4. The minimum atomic E-state index is -1.10.